The number of aliphatic hydroxyl groups excluding tert-OH is 1. The monoisotopic (exact) mass is 221 g/mol. The summed E-state index contributed by atoms with van der Waals surface area (Å²) in [4.78, 5) is 4.67. The fraction of sp³-hybridized carbons (Fsp3) is 0.750. The molecule has 2 N–H and O–H groups in total. The van der Waals surface area contributed by atoms with Gasteiger partial charge in [-0.2, -0.15) is 0 Å². The van der Waals surface area contributed by atoms with Crippen molar-refractivity contribution in [3.05, 3.63) is 17.2 Å². The normalized spacial score (nSPS) is 24.7. The van der Waals surface area contributed by atoms with Crippen LogP contribution >= 0.6 is 0 Å². The number of imidazole rings is 1. The Morgan fingerprint density at radius 2 is 2.38 bits per heavy atom. The second-order valence-electron chi connectivity index (χ2n) is 4.82. The highest BCUT2D eigenvalue weighted by molar-refractivity contribution is 5.21. The first-order valence-electron chi connectivity index (χ1n) is 6.30. The molecule has 0 aromatic carbocycles. The van der Waals surface area contributed by atoms with Crippen LogP contribution < -0.4 is 5.32 Å². The number of aliphatic hydroxyl groups is 1. The Bertz CT molecular complexity index is 380. The molecular formula is C12H19N3O. The zero-order chi connectivity index (χ0) is 11.0. The largest absolute Gasteiger partial charge is 0.390 e. The van der Waals surface area contributed by atoms with Crippen molar-refractivity contribution in [1.29, 1.82) is 0 Å². The van der Waals surface area contributed by atoms with Crippen molar-refractivity contribution in [2.45, 2.75) is 44.8 Å². The van der Waals surface area contributed by atoms with Crippen LogP contribution in [0.3, 0.4) is 0 Å². The minimum atomic E-state index is 0.0927. The lowest BCUT2D eigenvalue weighted by Gasteiger charge is -2.19. The molecule has 1 fully saturated rings. The van der Waals surface area contributed by atoms with Gasteiger partial charge in [0.1, 0.15) is 5.82 Å². The zero-order valence-corrected chi connectivity index (χ0v) is 9.58. The molecule has 1 unspecified atom stereocenters. The Morgan fingerprint density at radius 3 is 3.12 bits per heavy atom. The summed E-state index contributed by atoms with van der Waals surface area (Å²) in [6, 6.07) is 0. The molecule has 88 valence electrons. The average molecular weight is 221 g/mol. The van der Waals surface area contributed by atoms with E-state index < -0.39 is 0 Å². The predicted octanol–water partition coefficient (Wildman–Crippen LogP) is 0.789. The summed E-state index contributed by atoms with van der Waals surface area (Å²) in [5.74, 6) is 1.76. The van der Waals surface area contributed by atoms with Crippen LogP contribution in [0, 0.1) is 0 Å². The maximum Gasteiger partial charge on any atom is 0.113 e. The van der Waals surface area contributed by atoms with E-state index in [-0.39, 0.29) is 6.61 Å². The van der Waals surface area contributed by atoms with Crippen molar-refractivity contribution >= 4 is 0 Å². The molecule has 3 heterocycles. The molecule has 1 saturated heterocycles. The Morgan fingerprint density at radius 1 is 1.44 bits per heavy atom. The molecule has 4 nitrogen and oxygen atoms in total. The van der Waals surface area contributed by atoms with Gasteiger partial charge in [0, 0.05) is 24.7 Å². The molecule has 1 atom stereocenters. The van der Waals surface area contributed by atoms with Crippen LogP contribution in [0.5, 0.6) is 0 Å². The van der Waals surface area contributed by atoms with Gasteiger partial charge >= 0.3 is 0 Å². The van der Waals surface area contributed by atoms with Crippen molar-refractivity contribution in [3.8, 4) is 0 Å². The van der Waals surface area contributed by atoms with Crippen LogP contribution in [0.4, 0.5) is 0 Å². The molecule has 0 spiro atoms. The molecule has 4 heteroatoms. The highest BCUT2D eigenvalue weighted by Crippen LogP contribution is 2.28. The number of rotatable bonds is 2. The number of nitrogens with one attached hydrogen (secondary N) is 1. The molecule has 0 amide bonds. The second kappa shape index (κ2) is 4.18. The minimum absolute atomic E-state index is 0.0927. The molecule has 3 rings (SSSR count). The molecule has 2 aliphatic heterocycles. The van der Waals surface area contributed by atoms with Crippen LogP contribution in [-0.2, 0) is 19.6 Å². The maximum atomic E-state index is 9.36. The van der Waals surface area contributed by atoms with E-state index in [4.69, 9.17) is 0 Å². The Labute approximate surface area is 95.7 Å². The molecule has 1 aromatic rings. The van der Waals surface area contributed by atoms with Gasteiger partial charge < -0.3 is 15.0 Å². The molecule has 1 aromatic heterocycles. The first kappa shape index (κ1) is 10.3. The van der Waals surface area contributed by atoms with Gasteiger partial charge in [0.15, 0.2) is 0 Å². The summed E-state index contributed by atoms with van der Waals surface area (Å²) in [5.41, 5.74) is 2.21. The fourth-order valence-corrected chi connectivity index (χ4v) is 2.96. The van der Waals surface area contributed by atoms with Gasteiger partial charge in [-0.05, 0) is 32.2 Å². The maximum absolute atomic E-state index is 9.36. The SMILES string of the molecule is OCc1nc(C2CCNC2)n2c1CCCC2. The first-order chi connectivity index (χ1) is 7.90. The van der Waals surface area contributed by atoms with Gasteiger partial charge in [-0.3, -0.25) is 0 Å². The molecule has 16 heavy (non-hydrogen) atoms. The summed E-state index contributed by atoms with van der Waals surface area (Å²) in [6.45, 7) is 3.33. The van der Waals surface area contributed by atoms with E-state index in [1.165, 1.54) is 30.8 Å². The lowest BCUT2D eigenvalue weighted by molar-refractivity contribution is 0.275. The summed E-state index contributed by atoms with van der Waals surface area (Å²) < 4.78 is 2.37. The third-order valence-corrected chi connectivity index (χ3v) is 3.81. The van der Waals surface area contributed by atoms with Crippen LogP contribution in [0.1, 0.15) is 42.4 Å². The van der Waals surface area contributed by atoms with Crippen molar-refractivity contribution in [3.63, 3.8) is 0 Å². The number of aromatic nitrogens is 2. The minimum Gasteiger partial charge on any atom is -0.390 e. The molecule has 0 aliphatic carbocycles. The number of hydrogen-bond donors (Lipinski definition) is 2. The summed E-state index contributed by atoms with van der Waals surface area (Å²) in [6.07, 6.45) is 4.76. The van der Waals surface area contributed by atoms with Crippen LogP contribution in [0.25, 0.3) is 0 Å². The third kappa shape index (κ3) is 1.57. The molecule has 2 aliphatic rings. The Balaban J connectivity index is 2.00. The van der Waals surface area contributed by atoms with E-state index >= 15 is 0 Å². The molecule has 0 bridgehead atoms. The smallest absolute Gasteiger partial charge is 0.113 e. The highest BCUT2D eigenvalue weighted by atomic mass is 16.3. The number of hydrogen-bond acceptors (Lipinski definition) is 3. The van der Waals surface area contributed by atoms with Crippen molar-refractivity contribution in [2.75, 3.05) is 13.1 Å². The summed E-state index contributed by atoms with van der Waals surface area (Å²) in [7, 11) is 0. The van der Waals surface area contributed by atoms with Crippen molar-refractivity contribution < 1.29 is 5.11 Å². The topological polar surface area (TPSA) is 50.1 Å². The summed E-state index contributed by atoms with van der Waals surface area (Å²) in [5, 5.41) is 12.7. The second-order valence-corrected chi connectivity index (χ2v) is 4.82. The standard InChI is InChI=1S/C12H19N3O/c16-8-10-11-3-1-2-6-15(11)12(14-10)9-4-5-13-7-9/h9,13,16H,1-8H2. The molecule has 0 saturated carbocycles. The van der Waals surface area contributed by atoms with E-state index in [1.807, 2.05) is 0 Å². The highest BCUT2D eigenvalue weighted by Gasteiger charge is 2.26. The zero-order valence-electron chi connectivity index (χ0n) is 9.58. The van der Waals surface area contributed by atoms with Crippen LogP contribution in [0.2, 0.25) is 0 Å². The predicted molar refractivity (Wildman–Crippen MR) is 61.3 cm³/mol. The van der Waals surface area contributed by atoms with Crippen molar-refractivity contribution in [2.24, 2.45) is 0 Å². The van der Waals surface area contributed by atoms with Gasteiger partial charge in [-0.15, -0.1) is 0 Å². The quantitative estimate of drug-likeness (QED) is 0.776. The third-order valence-electron chi connectivity index (χ3n) is 3.81. The van der Waals surface area contributed by atoms with E-state index in [0.717, 1.165) is 31.7 Å². The van der Waals surface area contributed by atoms with E-state index in [1.54, 1.807) is 0 Å². The average Bonchev–Trinajstić information content (AvgIpc) is 2.95. The van der Waals surface area contributed by atoms with Crippen LogP contribution in [0.15, 0.2) is 0 Å². The Kier molecular flexibility index (Phi) is 2.69. The lowest BCUT2D eigenvalue weighted by atomic mass is 10.1. The molecule has 0 radical (unpaired) electrons. The summed E-state index contributed by atoms with van der Waals surface area (Å²) >= 11 is 0. The number of nitrogens with zero attached hydrogens (tertiary/aromatic N) is 2. The molecular weight excluding hydrogens is 202 g/mol. The van der Waals surface area contributed by atoms with Gasteiger partial charge in [-0.25, -0.2) is 4.98 Å². The number of fused-ring (bicyclic) bond motifs is 1. The van der Waals surface area contributed by atoms with Gasteiger partial charge in [0.25, 0.3) is 0 Å². The van der Waals surface area contributed by atoms with E-state index in [9.17, 15) is 5.11 Å². The van der Waals surface area contributed by atoms with E-state index in [0.29, 0.717) is 5.92 Å². The first-order valence-corrected chi connectivity index (χ1v) is 6.30. The van der Waals surface area contributed by atoms with Gasteiger partial charge in [0.05, 0.1) is 12.3 Å². The van der Waals surface area contributed by atoms with Gasteiger partial charge in [0.2, 0.25) is 0 Å². The fourth-order valence-electron chi connectivity index (χ4n) is 2.96. The van der Waals surface area contributed by atoms with Crippen molar-refractivity contribution in [1.82, 2.24) is 14.9 Å². The van der Waals surface area contributed by atoms with Crippen LogP contribution in [-0.4, -0.2) is 27.7 Å². The lowest BCUT2D eigenvalue weighted by Crippen LogP contribution is -2.17. The van der Waals surface area contributed by atoms with Gasteiger partial charge in [-0.1, -0.05) is 0 Å². The van der Waals surface area contributed by atoms with E-state index in [2.05, 4.69) is 14.9 Å². The Hall–Kier alpha value is -0.870.